The standard InChI is InChI=1S/C18H34O9S/c1-4-6-28-8-11-16(13(21)15(23)17(24-3)26-11)27-18-14(22)12(20)9(5-2)10(7-19)25-18/h9-23H,4-8H2,1-3H3/t9?,10?,11?,12-,13+,14?,15?,16?,17-,18+/m0/s1. The minimum absolute atomic E-state index is 0.337. The maximum absolute atomic E-state index is 10.6. The van der Waals surface area contributed by atoms with Gasteiger partial charge in [-0.3, -0.25) is 0 Å². The van der Waals surface area contributed by atoms with Crippen LogP contribution in [0.3, 0.4) is 0 Å². The van der Waals surface area contributed by atoms with Crippen molar-refractivity contribution < 1.29 is 44.5 Å². The fourth-order valence-electron chi connectivity index (χ4n) is 3.68. The van der Waals surface area contributed by atoms with Gasteiger partial charge < -0.3 is 44.5 Å². The summed E-state index contributed by atoms with van der Waals surface area (Å²) in [6.07, 6.45) is -8.32. The van der Waals surface area contributed by atoms with Gasteiger partial charge in [-0.2, -0.15) is 11.8 Å². The van der Waals surface area contributed by atoms with Crippen LogP contribution >= 0.6 is 11.8 Å². The third-order valence-corrected chi connectivity index (χ3v) is 6.56. The molecule has 10 atom stereocenters. The van der Waals surface area contributed by atoms with E-state index in [0.29, 0.717) is 12.2 Å². The Balaban J connectivity index is 2.14. The van der Waals surface area contributed by atoms with Gasteiger partial charge in [0.25, 0.3) is 0 Å². The maximum atomic E-state index is 10.6. The molecule has 0 amide bonds. The summed E-state index contributed by atoms with van der Waals surface area (Å²) in [5.74, 6) is 0.926. The third kappa shape index (κ3) is 5.37. The van der Waals surface area contributed by atoms with Crippen molar-refractivity contribution in [1.29, 1.82) is 0 Å². The number of ether oxygens (including phenoxy) is 4. The molecular formula is C18H34O9S. The topological polar surface area (TPSA) is 138 Å². The second-order valence-electron chi connectivity index (χ2n) is 7.21. The normalized spacial score (nSPS) is 44.6. The molecule has 6 unspecified atom stereocenters. The van der Waals surface area contributed by atoms with E-state index in [1.807, 2.05) is 13.8 Å². The third-order valence-electron chi connectivity index (χ3n) is 5.30. The predicted octanol–water partition coefficient (Wildman–Crippen LogP) is -0.927. The first-order chi connectivity index (χ1) is 13.4. The number of rotatable bonds is 9. The average molecular weight is 427 g/mol. The molecule has 0 aromatic rings. The van der Waals surface area contributed by atoms with Crippen molar-refractivity contribution in [3.05, 3.63) is 0 Å². The molecule has 2 saturated heterocycles. The molecule has 5 N–H and O–H groups in total. The summed E-state index contributed by atoms with van der Waals surface area (Å²) >= 11 is 1.61. The quantitative estimate of drug-likeness (QED) is 0.294. The summed E-state index contributed by atoms with van der Waals surface area (Å²) in [4.78, 5) is 0. The molecule has 0 aliphatic carbocycles. The Kier molecular flexibility index (Phi) is 9.88. The monoisotopic (exact) mass is 426 g/mol. The zero-order valence-corrected chi connectivity index (χ0v) is 17.4. The van der Waals surface area contributed by atoms with E-state index in [4.69, 9.17) is 18.9 Å². The summed E-state index contributed by atoms with van der Waals surface area (Å²) in [7, 11) is 1.37. The van der Waals surface area contributed by atoms with E-state index in [-0.39, 0.29) is 6.61 Å². The summed E-state index contributed by atoms with van der Waals surface area (Å²) < 4.78 is 22.3. The Hall–Kier alpha value is -0.0100. The van der Waals surface area contributed by atoms with Crippen LogP contribution in [0.15, 0.2) is 0 Å². The minimum Gasteiger partial charge on any atom is -0.394 e. The van der Waals surface area contributed by atoms with Crippen LogP contribution < -0.4 is 0 Å². The van der Waals surface area contributed by atoms with Gasteiger partial charge in [-0.15, -0.1) is 0 Å². The lowest BCUT2D eigenvalue weighted by Gasteiger charge is -2.46. The molecule has 9 nitrogen and oxygen atoms in total. The van der Waals surface area contributed by atoms with Crippen LogP contribution in [0, 0.1) is 5.92 Å². The molecule has 28 heavy (non-hydrogen) atoms. The number of aliphatic hydroxyl groups is 5. The van der Waals surface area contributed by atoms with Crippen molar-refractivity contribution in [2.24, 2.45) is 5.92 Å². The predicted molar refractivity (Wildman–Crippen MR) is 102 cm³/mol. The SMILES string of the molecule is CCCSCC1O[C@H](OC)C(O)[C@@H](O)C1O[C@H]1OC(CO)C(CC)[C@H](O)C1O. The minimum atomic E-state index is -1.36. The van der Waals surface area contributed by atoms with E-state index in [1.165, 1.54) is 7.11 Å². The average Bonchev–Trinajstić information content (AvgIpc) is 2.70. The first-order valence-electron chi connectivity index (χ1n) is 9.79. The Morgan fingerprint density at radius 1 is 0.893 bits per heavy atom. The van der Waals surface area contributed by atoms with Crippen molar-refractivity contribution in [2.45, 2.75) is 82.0 Å². The Labute approximate surface area is 169 Å². The van der Waals surface area contributed by atoms with E-state index >= 15 is 0 Å². The lowest BCUT2D eigenvalue weighted by molar-refractivity contribution is -0.349. The van der Waals surface area contributed by atoms with E-state index in [9.17, 15) is 25.5 Å². The van der Waals surface area contributed by atoms with Crippen molar-refractivity contribution in [3.63, 3.8) is 0 Å². The van der Waals surface area contributed by atoms with Crippen molar-refractivity contribution in [2.75, 3.05) is 25.2 Å². The largest absolute Gasteiger partial charge is 0.394 e. The first kappa shape index (κ1) is 24.3. The van der Waals surface area contributed by atoms with Crippen LogP contribution in [-0.2, 0) is 18.9 Å². The second-order valence-corrected chi connectivity index (χ2v) is 8.36. The van der Waals surface area contributed by atoms with Gasteiger partial charge in [0.1, 0.15) is 24.4 Å². The van der Waals surface area contributed by atoms with Crippen molar-refractivity contribution in [1.82, 2.24) is 0 Å². The van der Waals surface area contributed by atoms with E-state index < -0.39 is 61.2 Å². The van der Waals surface area contributed by atoms with Gasteiger partial charge in [0, 0.05) is 18.8 Å². The summed E-state index contributed by atoms with van der Waals surface area (Å²) in [6.45, 7) is 3.54. The van der Waals surface area contributed by atoms with Gasteiger partial charge in [-0.25, -0.2) is 0 Å². The van der Waals surface area contributed by atoms with Gasteiger partial charge in [-0.05, 0) is 18.6 Å². The molecule has 0 aromatic heterocycles. The van der Waals surface area contributed by atoms with Crippen LogP contribution in [0.1, 0.15) is 26.7 Å². The van der Waals surface area contributed by atoms with E-state index in [2.05, 4.69) is 0 Å². The number of methoxy groups -OCH3 is 1. The van der Waals surface area contributed by atoms with Gasteiger partial charge >= 0.3 is 0 Å². The first-order valence-corrected chi connectivity index (χ1v) is 10.9. The maximum Gasteiger partial charge on any atom is 0.187 e. The highest BCUT2D eigenvalue weighted by Gasteiger charge is 2.50. The van der Waals surface area contributed by atoms with Crippen molar-refractivity contribution >= 4 is 11.8 Å². The molecule has 2 aliphatic rings. The van der Waals surface area contributed by atoms with Gasteiger partial charge in [0.05, 0.1) is 24.9 Å². The molecule has 2 fully saturated rings. The Bertz CT molecular complexity index is 455. The van der Waals surface area contributed by atoms with Crippen LogP contribution in [0.4, 0.5) is 0 Å². The number of hydrogen-bond acceptors (Lipinski definition) is 10. The van der Waals surface area contributed by atoms with Crippen LogP contribution in [0.25, 0.3) is 0 Å². The summed E-state index contributed by atoms with van der Waals surface area (Å²) in [5, 5.41) is 51.2. The molecule has 2 rings (SSSR count). The smallest absolute Gasteiger partial charge is 0.187 e. The van der Waals surface area contributed by atoms with E-state index in [0.717, 1.165) is 12.2 Å². The van der Waals surface area contributed by atoms with E-state index in [1.54, 1.807) is 11.8 Å². The van der Waals surface area contributed by atoms with Crippen LogP contribution in [-0.4, -0.2) is 106 Å². The van der Waals surface area contributed by atoms with Crippen LogP contribution in [0.2, 0.25) is 0 Å². The Morgan fingerprint density at radius 2 is 1.54 bits per heavy atom. The molecular weight excluding hydrogens is 392 g/mol. The van der Waals surface area contributed by atoms with Crippen molar-refractivity contribution in [3.8, 4) is 0 Å². The summed E-state index contributed by atoms with van der Waals surface area (Å²) in [5.41, 5.74) is 0. The Morgan fingerprint density at radius 3 is 2.11 bits per heavy atom. The molecule has 0 bridgehead atoms. The molecule has 2 aliphatic heterocycles. The highest BCUT2D eigenvalue weighted by atomic mass is 32.2. The zero-order valence-electron chi connectivity index (χ0n) is 16.6. The molecule has 0 saturated carbocycles. The number of thioether (sulfide) groups is 1. The zero-order chi connectivity index (χ0) is 20.8. The van der Waals surface area contributed by atoms with Crippen LogP contribution in [0.5, 0.6) is 0 Å². The fraction of sp³-hybridized carbons (Fsp3) is 1.00. The molecule has 0 radical (unpaired) electrons. The van der Waals surface area contributed by atoms with Gasteiger partial charge in [0.15, 0.2) is 12.6 Å². The van der Waals surface area contributed by atoms with Gasteiger partial charge in [0.2, 0.25) is 0 Å². The lowest BCUT2D eigenvalue weighted by atomic mass is 9.87. The number of hydrogen-bond donors (Lipinski definition) is 5. The second kappa shape index (κ2) is 11.4. The highest BCUT2D eigenvalue weighted by molar-refractivity contribution is 7.99. The fourth-order valence-corrected chi connectivity index (χ4v) is 4.64. The molecule has 0 aromatic carbocycles. The molecule has 166 valence electrons. The molecule has 10 heteroatoms. The lowest BCUT2D eigenvalue weighted by Crippen LogP contribution is -2.63. The van der Waals surface area contributed by atoms with Gasteiger partial charge in [-0.1, -0.05) is 13.8 Å². The molecule has 2 heterocycles. The highest BCUT2D eigenvalue weighted by Crippen LogP contribution is 2.33. The molecule has 0 spiro atoms. The number of aliphatic hydroxyl groups excluding tert-OH is 5. The summed E-state index contributed by atoms with van der Waals surface area (Å²) in [6, 6.07) is 0.